The van der Waals surface area contributed by atoms with E-state index in [1.54, 1.807) is 18.2 Å². The molecule has 104 valence electrons. The van der Waals surface area contributed by atoms with Crippen LogP contribution >= 0.6 is 0 Å². The fraction of sp³-hybridized carbons (Fsp3) is 0.533. The summed E-state index contributed by atoms with van der Waals surface area (Å²) < 4.78 is 5.69. The Hall–Kier alpha value is -1.55. The van der Waals surface area contributed by atoms with Crippen LogP contribution in [0.25, 0.3) is 0 Å². The third-order valence-corrected chi connectivity index (χ3v) is 3.55. The molecular formula is C15H21NO3. The summed E-state index contributed by atoms with van der Waals surface area (Å²) in [5.74, 6) is 0.800. The molecule has 2 N–H and O–H groups in total. The molecule has 2 atom stereocenters. The fourth-order valence-electron chi connectivity index (χ4n) is 2.58. The van der Waals surface area contributed by atoms with E-state index < -0.39 is 0 Å². The van der Waals surface area contributed by atoms with Gasteiger partial charge < -0.3 is 15.2 Å². The summed E-state index contributed by atoms with van der Waals surface area (Å²) in [5.41, 5.74) is 0.486. The second kappa shape index (κ2) is 6.06. The smallest absolute Gasteiger partial charge is 0.251 e. The molecule has 2 rings (SSSR count). The van der Waals surface area contributed by atoms with Gasteiger partial charge in [-0.2, -0.15) is 0 Å². The lowest BCUT2D eigenvalue weighted by Crippen LogP contribution is -2.34. The number of rotatable bonds is 4. The number of ether oxygens (including phenoxy) is 1. The van der Waals surface area contributed by atoms with Crippen LogP contribution in [0.2, 0.25) is 0 Å². The monoisotopic (exact) mass is 263 g/mol. The van der Waals surface area contributed by atoms with E-state index in [1.165, 1.54) is 6.07 Å². The molecule has 19 heavy (non-hydrogen) atoms. The van der Waals surface area contributed by atoms with Crippen molar-refractivity contribution >= 4 is 5.91 Å². The van der Waals surface area contributed by atoms with Crippen LogP contribution in [-0.2, 0) is 4.74 Å². The molecule has 1 aromatic rings. The summed E-state index contributed by atoms with van der Waals surface area (Å²) in [6.07, 6.45) is 1.22. The molecular weight excluding hydrogens is 242 g/mol. The van der Waals surface area contributed by atoms with Crippen LogP contribution in [0.15, 0.2) is 24.3 Å². The topological polar surface area (TPSA) is 58.6 Å². The van der Waals surface area contributed by atoms with Gasteiger partial charge in [0.25, 0.3) is 5.91 Å². The average molecular weight is 263 g/mol. The minimum atomic E-state index is -0.148. The van der Waals surface area contributed by atoms with Gasteiger partial charge in [-0.15, -0.1) is 0 Å². The summed E-state index contributed by atoms with van der Waals surface area (Å²) in [5, 5.41) is 12.3. The highest BCUT2D eigenvalue weighted by Crippen LogP contribution is 2.26. The Morgan fingerprint density at radius 1 is 1.53 bits per heavy atom. The first-order valence-electron chi connectivity index (χ1n) is 6.76. The molecule has 1 aliphatic heterocycles. The number of carbonyl (C=O) groups is 1. The number of benzene rings is 1. The number of hydrogen-bond acceptors (Lipinski definition) is 3. The van der Waals surface area contributed by atoms with Crippen LogP contribution in [0.3, 0.4) is 0 Å². The van der Waals surface area contributed by atoms with E-state index in [9.17, 15) is 9.90 Å². The lowest BCUT2D eigenvalue weighted by atomic mass is 9.93. The zero-order valence-electron chi connectivity index (χ0n) is 11.4. The minimum Gasteiger partial charge on any atom is -0.508 e. The number of phenols is 1. The molecule has 1 saturated heterocycles. The highest BCUT2D eigenvalue weighted by Gasteiger charge is 2.30. The summed E-state index contributed by atoms with van der Waals surface area (Å²) in [4.78, 5) is 12.0. The standard InChI is InChI=1S/C15H21NO3/c1-10(2)14-12(6-7-19-14)9-16-15(18)11-4-3-5-13(17)8-11/h3-5,8,10,12,14,17H,6-7,9H2,1-2H3,(H,16,18)/t12-,14-/m0/s1. The zero-order chi connectivity index (χ0) is 13.8. The normalized spacial score (nSPS) is 22.7. The van der Waals surface area contributed by atoms with E-state index in [2.05, 4.69) is 19.2 Å². The fourth-order valence-corrected chi connectivity index (χ4v) is 2.58. The largest absolute Gasteiger partial charge is 0.508 e. The molecule has 1 amide bonds. The Bertz CT molecular complexity index is 445. The minimum absolute atomic E-state index is 0.108. The van der Waals surface area contributed by atoms with Gasteiger partial charge in [0, 0.05) is 24.6 Å². The van der Waals surface area contributed by atoms with Crippen LogP contribution in [-0.4, -0.2) is 30.3 Å². The Balaban J connectivity index is 1.90. The Labute approximate surface area is 113 Å². The molecule has 1 heterocycles. The summed E-state index contributed by atoms with van der Waals surface area (Å²) >= 11 is 0. The van der Waals surface area contributed by atoms with E-state index in [4.69, 9.17) is 4.74 Å². The third-order valence-electron chi connectivity index (χ3n) is 3.55. The molecule has 0 bridgehead atoms. The van der Waals surface area contributed by atoms with E-state index >= 15 is 0 Å². The first-order valence-corrected chi connectivity index (χ1v) is 6.76. The van der Waals surface area contributed by atoms with Crippen molar-refractivity contribution in [2.24, 2.45) is 11.8 Å². The first kappa shape index (κ1) is 13.9. The van der Waals surface area contributed by atoms with Crippen molar-refractivity contribution < 1.29 is 14.6 Å². The number of aromatic hydroxyl groups is 1. The van der Waals surface area contributed by atoms with Crippen molar-refractivity contribution in [3.05, 3.63) is 29.8 Å². The molecule has 1 aliphatic rings. The summed E-state index contributed by atoms with van der Waals surface area (Å²) in [6, 6.07) is 6.39. The van der Waals surface area contributed by atoms with Crippen LogP contribution in [0.5, 0.6) is 5.75 Å². The molecule has 0 spiro atoms. The maximum atomic E-state index is 12.0. The van der Waals surface area contributed by atoms with Gasteiger partial charge in [0.2, 0.25) is 0 Å². The van der Waals surface area contributed by atoms with Crippen LogP contribution < -0.4 is 5.32 Å². The van der Waals surface area contributed by atoms with E-state index in [1.807, 2.05) is 0 Å². The summed E-state index contributed by atoms with van der Waals surface area (Å²) in [6.45, 7) is 5.67. The summed E-state index contributed by atoms with van der Waals surface area (Å²) in [7, 11) is 0. The van der Waals surface area contributed by atoms with Gasteiger partial charge in [0.15, 0.2) is 0 Å². The zero-order valence-corrected chi connectivity index (χ0v) is 11.4. The third kappa shape index (κ3) is 3.47. The van der Waals surface area contributed by atoms with Gasteiger partial charge in [-0.25, -0.2) is 0 Å². The Kier molecular flexibility index (Phi) is 4.43. The number of nitrogens with one attached hydrogen (secondary N) is 1. The quantitative estimate of drug-likeness (QED) is 0.875. The van der Waals surface area contributed by atoms with Gasteiger partial charge in [0.1, 0.15) is 5.75 Å². The highest BCUT2D eigenvalue weighted by atomic mass is 16.5. The van der Waals surface area contributed by atoms with E-state index in [0.29, 0.717) is 23.9 Å². The van der Waals surface area contributed by atoms with Crippen molar-refractivity contribution in [2.75, 3.05) is 13.2 Å². The second-order valence-corrected chi connectivity index (χ2v) is 5.39. The maximum absolute atomic E-state index is 12.0. The highest BCUT2D eigenvalue weighted by molar-refractivity contribution is 5.94. The van der Waals surface area contributed by atoms with Crippen molar-refractivity contribution in [2.45, 2.75) is 26.4 Å². The lowest BCUT2D eigenvalue weighted by molar-refractivity contribution is 0.0533. The second-order valence-electron chi connectivity index (χ2n) is 5.39. The Morgan fingerprint density at radius 3 is 3.00 bits per heavy atom. The van der Waals surface area contributed by atoms with Crippen molar-refractivity contribution in [1.82, 2.24) is 5.32 Å². The van der Waals surface area contributed by atoms with Crippen molar-refractivity contribution in [3.8, 4) is 5.75 Å². The van der Waals surface area contributed by atoms with Crippen molar-refractivity contribution in [3.63, 3.8) is 0 Å². The predicted molar refractivity (Wildman–Crippen MR) is 73.1 cm³/mol. The van der Waals surface area contributed by atoms with E-state index in [0.717, 1.165) is 13.0 Å². The molecule has 0 unspecified atom stereocenters. The first-order chi connectivity index (χ1) is 9.08. The molecule has 0 aromatic heterocycles. The predicted octanol–water partition coefficient (Wildman–Crippen LogP) is 2.18. The molecule has 4 heteroatoms. The van der Waals surface area contributed by atoms with E-state index in [-0.39, 0.29) is 17.8 Å². The van der Waals surface area contributed by atoms with Gasteiger partial charge in [-0.3, -0.25) is 4.79 Å². The molecule has 0 saturated carbocycles. The lowest BCUT2D eigenvalue weighted by Gasteiger charge is -2.22. The maximum Gasteiger partial charge on any atom is 0.251 e. The van der Waals surface area contributed by atoms with Gasteiger partial charge in [-0.1, -0.05) is 19.9 Å². The Morgan fingerprint density at radius 2 is 2.32 bits per heavy atom. The number of amides is 1. The molecule has 4 nitrogen and oxygen atoms in total. The molecule has 1 aromatic carbocycles. The molecule has 1 fully saturated rings. The average Bonchev–Trinajstić information content (AvgIpc) is 2.84. The number of phenolic OH excluding ortho intramolecular Hbond substituents is 1. The molecule has 0 aliphatic carbocycles. The van der Waals surface area contributed by atoms with Gasteiger partial charge in [-0.05, 0) is 30.5 Å². The number of hydrogen-bond donors (Lipinski definition) is 2. The van der Waals surface area contributed by atoms with Gasteiger partial charge in [0.05, 0.1) is 6.10 Å². The SMILES string of the molecule is CC(C)[C@@H]1OCC[C@H]1CNC(=O)c1cccc(O)c1. The van der Waals surface area contributed by atoms with Crippen LogP contribution in [0.4, 0.5) is 0 Å². The van der Waals surface area contributed by atoms with Crippen LogP contribution in [0.1, 0.15) is 30.6 Å². The number of carbonyl (C=O) groups excluding carboxylic acids is 1. The van der Waals surface area contributed by atoms with Gasteiger partial charge >= 0.3 is 0 Å². The molecule has 0 radical (unpaired) electrons. The van der Waals surface area contributed by atoms with Crippen molar-refractivity contribution in [1.29, 1.82) is 0 Å². The van der Waals surface area contributed by atoms with Crippen LogP contribution in [0, 0.1) is 11.8 Å².